The second kappa shape index (κ2) is 9.86. The average Bonchev–Trinajstić information content (AvgIpc) is 2.61. The summed E-state index contributed by atoms with van der Waals surface area (Å²) in [4.78, 5) is 0. The predicted octanol–water partition coefficient (Wildman–Crippen LogP) is 3.75. The summed E-state index contributed by atoms with van der Waals surface area (Å²) in [5.41, 5.74) is 4.56. The predicted molar refractivity (Wildman–Crippen MR) is 106 cm³/mol. The number of benzene rings is 2. The zero-order valence-corrected chi connectivity index (χ0v) is 15.7. The van der Waals surface area contributed by atoms with Crippen LogP contribution in [-0.2, 0) is 6.61 Å². The Morgan fingerprint density at radius 3 is 2.76 bits per heavy atom. The molecule has 2 aromatic rings. The third-order valence-corrected chi connectivity index (χ3v) is 3.69. The second-order valence-corrected chi connectivity index (χ2v) is 5.85. The van der Waals surface area contributed by atoms with Gasteiger partial charge in [-0.15, -0.1) is 0 Å². The first-order valence-electron chi connectivity index (χ1n) is 7.77. The van der Waals surface area contributed by atoms with Gasteiger partial charge in [0.15, 0.2) is 16.6 Å². The molecule has 0 bridgehead atoms. The quantitative estimate of drug-likeness (QED) is 0.437. The minimum Gasteiger partial charge on any atom is -0.490 e. The van der Waals surface area contributed by atoms with Crippen LogP contribution in [0.1, 0.15) is 18.1 Å². The van der Waals surface area contributed by atoms with Gasteiger partial charge in [-0.3, -0.25) is 5.43 Å². The Kier molecular flexibility index (Phi) is 7.50. The number of ether oxygens (including phenoxy) is 2. The van der Waals surface area contributed by atoms with Gasteiger partial charge in [0, 0.05) is 12.1 Å². The summed E-state index contributed by atoms with van der Waals surface area (Å²) < 4.78 is 11.5. The van der Waals surface area contributed by atoms with Crippen LogP contribution in [0.2, 0.25) is 5.02 Å². The number of rotatable bonds is 7. The van der Waals surface area contributed by atoms with Crippen LogP contribution in [0.15, 0.2) is 47.6 Å². The van der Waals surface area contributed by atoms with Crippen molar-refractivity contribution in [2.45, 2.75) is 13.5 Å². The molecule has 0 aromatic heterocycles. The third kappa shape index (κ3) is 6.25. The largest absolute Gasteiger partial charge is 0.490 e. The van der Waals surface area contributed by atoms with E-state index in [-0.39, 0.29) is 0 Å². The smallest absolute Gasteiger partial charge is 0.186 e. The molecule has 132 valence electrons. The molecule has 0 heterocycles. The molecule has 2 aromatic carbocycles. The van der Waals surface area contributed by atoms with Gasteiger partial charge in [-0.05, 0) is 60.6 Å². The van der Waals surface area contributed by atoms with Gasteiger partial charge in [-0.25, -0.2) is 0 Å². The first kappa shape index (κ1) is 19.0. The summed E-state index contributed by atoms with van der Waals surface area (Å²) in [6, 6.07) is 13.2. The van der Waals surface area contributed by atoms with E-state index in [0.717, 1.165) is 11.1 Å². The molecule has 2 N–H and O–H groups in total. The summed E-state index contributed by atoms with van der Waals surface area (Å²) in [6.45, 7) is 2.87. The van der Waals surface area contributed by atoms with Crippen LogP contribution in [0.25, 0.3) is 0 Å². The molecule has 0 saturated carbocycles. The third-order valence-electron chi connectivity index (χ3n) is 3.16. The van der Waals surface area contributed by atoms with Crippen molar-refractivity contribution >= 4 is 35.1 Å². The summed E-state index contributed by atoms with van der Waals surface area (Å²) in [6.07, 6.45) is 1.66. The monoisotopic (exact) mass is 377 g/mol. The molecule has 0 amide bonds. The van der Waals surface area contributed by atoms with E-state index in [1.807, 2.05) is 49.4 Å². The van der Waals surface area contributed by atoms with Gasteiger partial charge in [-0.1, -0.05) is 23.7 Å². The van der Waals surface area contributed by atoms with E-state index in [9.17, 15) is 0 Å². The van der Waals surface area contributed by atoms with E-state index in [1.165, 1.54) is 0 Å². The first-order valence-corrected chi connectivity index (χ1v) is 8.56. The Morgan fingerprint density at radius 1 is 1.20 bits per heavy atom. The number of hydrogen-bond donors (Lipinski definition) is 2. The zero-order valence-electron chi connectivity index (χ0n) is 14.1. The molecule has 2 rings (SSSR count). The van der Waals surface area contributed by atoms with E-state index >= 15 is 0 Å². The molecule has 0 radical (unpaired) electrons. The van der Waals surface area contributed by atoms with Crippen molar-refractivity contribution in [1.82, 2.24) is 10.7 Å². The summed E-state index contributed by atoms with van der Waals surface area (Å²) >= 11 is 11.0. The molecular weight excluding hydrogens is 358 g/mol. The molecule has 0 aliphatic heterocycles. The van der Waals surface area contributed by atoms with Gasteiger partial charge in [0.05, 0.1) is 12.8 Å². The molecule has 0 fully saturated rings. The number of halogens is 1. The maximum atomic E-state index is 6.00. The lowest BCUT2D eigenvalue weighted by Gasteiger charge is -2.13. The molecule has 5 nitrogen and oxygen atoms in total. The Morgan fingerprint density at radius 2 is 2.04 bits per heavy atom. The van der Waals surface area contributed by atoms with E-state index in [0.29, 0.717) is 34.8 Å². The lowest BCUT2D eigenvalue weighted by Crippen LogP contribution is -2.28. The van der Waals surface area contributed by atoms with E-state index < -0.39 is 0 Å². The number of hydrazone groups is 1. The molecule has 25 heavy (non-hydrogen) atoms. The fourth-order valence-electron chi connectivity index (χ4n) is 2.00. The highest BCUT2D eigenvalue weighted by Gasteiger charge is 2.07. The minimum absolute atomic E-state index is 0.409. The highest BCUT2D eigenvalue weighted by Crippen LogP contribution is 2.29. The average molecular weight is 378 g/mol. The number of nitrogens with one attached hydrogen (secondary N) is 2. The highest BCUT2D eigenvalue weighted by molar-refractivity contribution is 7.80. The highest BCUT2D eigenvalue weighted by atomic mass is 35.5. The van der Waals surface area contributed by atoms with Gasteiger partial charge >= 0.3 is 0 Å². The molecule has 7 heteroatoms. The lowest BCUT2D eigenvalue weighted by molar-refractivity contribution is 0.269. The molecule has 0 aliphatic carbocycles. The maximum Gasteiger partial charge on any atom is 0.186 e. The molecule has 0 unspecified atom stereocenters. The van der Waals surface area contributed by atoms with E-state index in [2.05, 4.69) is 15.8 Å². The van der Waals surface area contributed by atoms with Gasteiger partial charge < -0.3 is 14.8 Å². The van der Waals surface area contributed by atoms with Crippen LogP contribution in [0, 0.1) is 0 Å². The van der Waals surface area contributed by atoms with Crippen molar-refractivity contribution in [1.29, 1.82) is 0 Å². The summed E-state index contributed by atoms with van der Waals surface area (Å²) in [7, 11) is 1.73. The van der Waals surface area contributed by atoms with Crippen LogP contribution in [-0.4, -0.2) is 25.0 Å². The van der Waals surface area contributed by atoms with Gasteiger partial charge in [-0.2, -0.15) is 5.10 Å². The Hall–Kier alpha value is -2.31. The fraction of sp³-hybridized carbons (Fsp3) is 0.222. The van der Waals surface area contributed by atoms with Crippen LogP contribution in [0.5, 0.6) is 11.5 Å². The second-order valence-electron chi connectivity index (χ2n) is 5.01. The SMILES string of the molecule is CCOc1cc(/C=N/NC(=S)NC)ccc1OCc1cccc(Cl)c1. The molecular formula is C18H20ClN3O2S. The number of hydrogen-bond acceptors (Lipinski definition) is 4. The van der Waals surface area contributed by atoms with Crippen molar-refractivity contribution in [3.63, 3.8) is 0 Å². The first-order chi connectivity index (χ1) is 12.1. The topological polar surface area (TPSA) is 54.9 Å². The van der Waals surface area contributed by atoms with Crippen molar-refractivity contribution in [3.8, 4) is 11.5 Å². The fourth-order valence-corrected chi connectivity index (χ4v) is 2.27. The standard InChI is InChI=1S/C18H20ClN3O2S/c1-3-23-17-10-13(11-21-22-18(25)20-2)7-8-16(17)24-12-14-5-4-6-15(19)9-14/h4-11H,3,12H2,1-2H3,(H2,20,22,25)/b21-11+. The summed E-state index contributed by atoms with van der Waals surface area (Å²) in [5.74, 6) is 1.32. The maximum absolute atomic E-state index is 6.00. The van der Waals surface area contributed by atoms with E-state index in [1.54, 1.807) is 13.3 Å². The van der Waals surface area contributed by atoms with Crippen molar-refractivity contribution in [3.05, 3.63) is 58.6 Å². The van der Waals surface area contributed by atoms with Crippen molar-refractivity contribution in [2.75, 3.05) is 13.7 Å². The minimum atomic E-state index is 0.409. The van der Waals surface area contributed by atoms with Crippen LogP contribution in [0.3, 0.4) is 0 Å². The van der Waals surface area contributed by atoms with E-state index in [4.69, 9.17) is 33.3 Å². The van der Waals surface area contributed by atoms with Crippen LogP contribution < -0.4 is 20.2 Å². The molecule has 0 atom stereocenters. The molecule has 0 spiro atoms. The van der Waals surface area contributed by atoms with Gasteiger partial charge in [0.1, 0.15) is 6.61 Å². The normalized spacial score (nSPS) is 10.5. The van der Waals surface area contributed by atoms with Gasteiger partial charge in [0.25, 0.3) is 0 Å². The van der Waals surface area contributed by atoms with Crippen molar-refractivity contribution < 1.29 is 9.47 Å². The molecule has 0 saturated heterocycles. The Balaban J connectivity index is 2.08. The Bertz CT molecular complexity index is 753. The summed E-state index contributed by atoms with van der Waals surface area (Å²) in [5, 5.41) is 7.97. The number of nitrogens with zero attached hydrogens (tertiary/aromatic N) is 1. The lowest BCUT2D eigenvalue weighted by atomic mass is 10.2. The zero-order chi connectivity index (χ0) is 18.1. The Labute approximate surface area is 158 Å². The van der Waals surface area contributed by atoms with Gasteiger partial charge in [0.2, 0.25) is 0 Å². The van der Waals surface area contributed by atoms with Crippen LogP contribution >= 0.6 is 23.8 Å². The van der Waals surface area contributed by atoms with Crippen molar-refractivity contribution in [2.24, 2.45) is 5.10 Å². The van der Waals surface area contributed by atoms with Crippen LogP contribution in [0.4, 0.5) is 0 Å². The number of thiocarbonyl (C=S) groups is 1. The molecule has 0 aliphatic rings.